The summed E-state index contributed by atoms with van der Waals surface area (Å²) >= 11 is 0. The van der Waals surface area contributed by atoms with E-state index in [4.69, 9.17) is 5.73 Å². The van der Waals surface area contributed by atoms with Gasteiger partial charge in [-0.3, -0.25) is 4.98 Å². The van der Waals surface area contributed by atoms with Crippen LogP contribution in [-0.4, -0.2) is 48.9 Å². The van der Waals surface area contributed by atoms with Crippen LogP contribution in [0.4, 0.5) is 8.78 Å². The van der Waals surface area contributed by atoms with E-state index >= 15 is 0 Å². The summed E-state index contributed by atoms with van der Waals surface area (Å²) in [5.41, 5.74) is 9.49. The Hall–Kier alpha value is -4.09. The molecule has 0 radical (unpaired) electrons. The van der Waals surface area contributed by atoms with Crippen LogP contribution in [-0.2, 0) is 24.2 Å². The first-order chi connectivity index (χ1) is 18.3. The Balaban J connectivity index is 1.60. The molecule has 0 bridgehead atoms. The molecule has 0 aliphatic carbocycles. The van der Waals surface area contributed by atoms with E-state index in [2.05, 4.69) is 38.7 Å². The van der Waals surface area contributed by atoms with Gasteiger partial charge in [0.25, 0.3) is 0 Å². The molecule has 2 heterocycles. The Morgan fingerprint density at radius 1 is 1.05 bits per heavy atom. The normalized spacial score (nSPS) is 13.7. The van der Waals surface area contributed by atoms with E-state index in [0.717, 1.165) is 22.8 Å². The van der Waals surface area contributed by atoms with Crippen molar-refractivity contribution in [2.45, 2.75) is 38.4 Å². The topological polar surface area (TPSA) is 132 Å². The molecule has 4 N–H and O–H groups in total. The monoisotopic (exact) mass is 521 g/mol. The summed E-state index contributed by atoms with van der Waals surface area (Å²) < 4.78 is 27.6. The Labute approximate surface area is 218 Å². The molecule has 2 aromatic heterocycles. The van der Waals surface area contributed by atoms with E-state index in [1.807, 2.05) is 18.2 Å². The second-order valence-electron chi connectivity index (χ2n) is 9.05. The van der Waals surface area contributed by atoms with Crippen LogP contribution in [0.3, 0.4) is 0 Å². The van der Waals surface area contributed by atoms with Gasteiger partial charge in [-0.05, 0) is 59.0 Å². The smallest absolute Gasteiger partial charge is 0.330 e. The Bertz CT molecular complexity index is 1350. The van der Waals surface area contributed by atoms with Crippen molar-refractivity contribution in [1.82, 2.24) is 30.5 Å². The summed E-state index contributed by atoms with van der Waals surface area (Å²) in [5.74, 6) is -3.27. The van der Waals surface area contributed by atoms with Gasteiger partial charge in [0.15, 0.2) is 6.04 Å². The van der Waals surface area contributed by atoms with Gasteiger partial charge in [0.1, 0.15) is 17.3 Å². The molecule has 11 heteroatoms. The fourth-order valence-electron chi connectivity index (χ4n) is 4.39. The van der Waals surface area contributed by atoms with Crippen molar-refractivity contribution in [2.24, 2.45) is 11.7 Å². The first-order valence-electron chi connectivity index (χ1n) is 12.3. The second-order valence-corrected chi connectivity index (χ2v) is 9.05. The van der Waals surface area contributed by atoms with Gasteiger partial charge < -0.3 is 16.2 Å². The van der Waals surface area contributed by atoms with Crippen molar-refractivity contribution in [2.75, 3.05) is 6.54 Å². The van der Waals surface area contributed by atoms with E-state index in [1.54, 1.807) is 24.4 Å². The number of halogens is 2. The molecule has 9 nitrogen and oxygen atoms in total. The first kappa shape index (κ1) is 27.0. The highest BCUT2D eigenvalue weighted by Gasteiger charge is 2.36. The Kier molecular flexibility index (Phi) is 8.82. The third-order valence-corrected chi connectivity index (χ3v) is 6.28. The van der Waals surface area contributed by atoms with Crippen LogP contribution in [0.1, 0.15) is 29.7 Å². The summed E-state index contributed by atoms with van der Waals surface area (Å²) in [7, 11) is 0. The third-order valence-electron chi connectivity index (χ3n) is 6.28. The quantitative estimate of drug-likeness (QED) is 0.259. The third kappa shape index (κ3) is 6.81. The van der Waals surface area contributed by atoms with Gasteiger partial charge in [-0.2, -0.15) is 0 Å². The fraction of sp³-hybridized carbons (Fsp3) is 0.296. The lowest BCUT2D eigenvalue weighted by atomic mass is 9.87. The zero-order valence-electron chi connectivity index (χ0n) is 20.8. The van der Waals surface area contributed by atoms with E-state index in [0.29, 0.717) is 17.8 Å². The largest absolute Gasteiger partial charge is 0.480 e. The lowest BCUT2D eigenvalue weighted by molar-refractivity contribution is -0.144. The number of carboxylic acid groups (broad SMARTS) is 1. The minimum Gasteiger partial charge on any atom is -0.480 e. The maximum Gasteiger partial charge on any atom is 0.330 e. The number of hydrogen-bond acceptors (Lipinski definition) is 7. The van der Waals surface area contributed by atoms with Crippen LogP contribution >= 0.6 is 0 Å². The number of benzene rings is 2. The zero-order valence-corrected chi connectivity index (χ0v) is 20.8. The minimum atomic E-state index is -1.30. The molecule has 2 aromatic carbocycles. The van der Waals surface area contributed by atoms with Gasteiger partial charge in [-0.25, -0.2) is 13.6 Å². The molecule has 38 heavy (non-hydrogen) atoms. The van der Waals surface area contributed by atoms with Crippen LogP contribution in [0.25, 0.3) is 11.5 Å². The van der Waals surface area contributed by atoms with Crippen molar-refractivity contribution in [3.8, 4) is 11.5 Å². The molecule has 1 unspecified atom stereocenters. The summed E-state index contributed by atoms with van der Waals surface area (Å²) in [5, 5.41) is 25.8. The molecular formula is C27H29F2N7O2. The maximum absolute atomic E-state index is 13.8. The molecule has 0 amide bonds. The number of aromatic nitrogens is 5. The number of nitrogens with two attached hydrogens (primary N) is 1. The molecule has 198 valence electrons. The number of aliphatic carboxylic acids is 1. The molecule has 0 aliphatic rings. The van der Waals surface area contributed by atoms with Crippen molar-refractivity contribution in [1.29, 1.82) is 0 Å². The van der Waals surface area contributed by atoms with Gasteiger partial charge in [-0.15, -0.1) is 15.0 Å². The number of carboxylic acids is 1. The average molecular weight is 522 g/mol. The molecule has 4 aromatic rings. The van der Waals surface area contributed by atoms with Crippen molar-refractivity contribution < 1.29 is 18.7 Å². The van der Waals surface area contributed by atoms with Crippen LogP contribution < -0.4 is 11.1 Å². The number of rotatable bonds is 12. The minimum absolute atomic E-state index is 0.0396. The van der Waals surface area contributed by atoms with Crippen molar-refractivity contribution >= 4 is 5.97 Å². The van der Waals surface area contributed by atoms with Crippen LogP contribution in [0.2, 0.25) is 0 Å². The summed E-state index contributed by atoms with van der Waals surface area (Å²) in [6.07, 6.45) is 2.50. The number of hydrogen-bond donors (Lipinski definition) is 3. The number of carbonyl (C=O) groups is 1. The molecule has 4 rings (SSSR count). The maximum atomic E-state index is 13.8. The van der Waals surface area contributed by atoms with E-state index in [1.165, 1.54) is 17.7 Å². The highest BCUT2D eigenvalue weighted by molar-refractivity contribution is 5.72. The van der Waals surface area contributed by atoms with Gasteiger partial charge in [0.05, 0.1) is 0 Å². The number of nitrogens with one attached hydrogen (secondary N) is 1. The van der Waals surface area contributed by atoms with E-state index in [9.17, 15) is 18.7 Å². The molecule has 0 fully saturated rings. The van der Waals surface area contributed by atoms with Gasteiger partial charge in [-0.1, -0.05) is 37.3 Å². The van der Waals surface area contributed by atoms with Gasteiger partial charge in [0, 0.05) is 37.3 Å². The highest BCUT2D eigenvalue weighted by atomic mass is 19.1. The summed E-state index contributed by atoms with van der Waals surface area (Å²) in [4.78, 5) is 17.7. The van der Waals surface area contributed by atoms with Gasteiger partial charge >= 0.3 is 5.97 Å². The number of nitrogens with zero attached hydrogens (tertiary/aromatic N) is 5. The Morgan fingerprint density at radius 2 is 1.82 bits per heavy atom. The fourth-order valence-corrected chi connectivity index (χ4v) is 4.39. The summed E-state index contributed by atoms with van der Waals surface area (Å²) in [6.45, 7) is 2.72. The first-order valence-corrected chi connectivity index (χ1v) is 12.3. The van der Waals surface area contributed by atoms with Crippen LogP contribution in [0, 0.1) is 17.6 Å². The van der Waals surface area contributed by atoms with Crippen LogP contribution in [0.5, 0.6) is 0 Å². The van der Waals surface area contributed by atoms with Crippen LogP contribution in [0.15, 0.2) is 66.9 Å². The van der Waals surface area contributed by atoms with E-state index < -0.39 is 35.6 Å². The Morgan fingerprint density at radius 3 is 2.50 bits per heavy atom. The SMILES string of the molecule is CCc1cccc(CNC[C@H](C(N)Cc2cc(F)cc(F)c2)[C@@H](C(=O)O)n2nnc(-c3ccccn3)n2)c1. The van der Waals surface area contributed by atoms with Crippen molar-refractivity contribution in [3.05, 3.63) is 95.2 Å². The lowest BCUT2D eigenvalue weighted by Crippen LogP contribution is -2.46. The van der Waals surface area contributed by atoms with Crippen molar-refractivity contribution in [3.63, 3.8) is 0 Å². The highest BCUT2D eigenvalue weighted by Crippen LogP contribution is 2.24. The molecule has 0 saturated carbocycles. The predicted molar refractivity (Wildman–Crippen MR) is 137 cm³/mol. The molecule has 0 aliphatic heterocycles. The number of tetrazole rings is 1. The summed E-state index contributed by atoms with van der Waals surface area (Å²) in [6, 6.07) is 14.3. The lowest BCUT2D eigenvalue weighted by Gasteiger charge is -2.29. The standard InChI is InChI=1S/C27H29F2N7O2/c1-2-17-6-5-7-18(10-17)15-31-16-22(23(30)13-19-11-20(28)14-21(29)12-19)25(27(37)38)36-34-26(33-35-36)24-8-3-4-9-32-24/h3-12,14,22-23,25,31H,2,13,15-16,30H2,1H3,(H,37,38)/t22-,23?,25+/m1/s1. The molecule has 0 spiro atoms. The molecular weight excluding hydrogens is 492 g/mol. The number of pyridine rings is 1. The predicted octanol–water partition coefficient (Wildman–Crippen LogP) is 3.18. The second kappa shape index (κ2) is 12.4. The molecule has 0 saturated heterocycles. The molecule has 3 atom stereocenters. The zero-order chi connectivity index (χ0) is 27.1. The van der Waals surface area contributed by atoms with E-state index in [-0.39, 0.29) is 18.8 Å². The average Bonchev–Trinajstić information content (AvgIpc) is 3.37. The number of aryl methyl sites for hydroxylation is 1. The van der Waals surface area contributed by atoms with Gasteiger partial charge in [0.2, 0.25) is 5.82 Å².